The zero-order chi connectivity index (χ0) is 40.0. The maximum absolute atomic E-state index is 9.81. The molecule has 0 bridgehead atoms. The van der Waals surface area contributed by atoms with Crippen LogP contribution in [0.1, 0.15) is 39.0 Å². The molecule has 5 heteroatoms. The van der Waals surface area contributed by atoms with Gasteiger partial charge in [-0.3, -0.25) is 8.97 Å². The van der Waals surface area contributed by atoms with Gasteiger partial charge in [0.1, 0.15) is 11.5 Å². The molecule has 0 amide bonds. The summed E-state index contributed by atoms with van der Waals surface area (Å²) < 4.78 is 71.7. The van der Waals surface area contributed by atoms with E-state index in [2.05, 4.69) is 53.1 Å². The Bertz CT molecular complexity index is 2990. The number of ether oxygens (including phenoxy) is 1. The van der Waals surface area contributed by atoms with Crippen LogP contribution in [0.25, 0.3) is 33.5 Å². The molecule has 7 aromatic carbocycles. The van der Waals surface area contributed by atoms with E-state index in [1.54, 1.807) is 42.5 Å². The quantitative estimate of drug-likeness (QED) is 0.135. The molecule has 0 spiro atoms. The van der Waals surface area contributed by atoms with Crippen LogP contribution in [0.15, 0.2) is 170 Å². The number of benzene rings is 7. The summed E-state index contributed by atoms with van der Waals surface area (Å²) in [5, 5.41) is 3.95. The van der Waals surface area contributed by atoms with Crippen LogP contribution in [0, 0.1) is 6.85 Å². The molecule has 0 fully saturated rings. The van der Waals surface area contributed by atoms with Crippen LogP contribution in [0.4, 0.5) is 0 Å². The number of imidazole rings is 2. The van der Waals surface area contributed by atoms with Gasteiger partial charge in [-0.05, 0) is 69.6 Å². The summed E-state index contributed by atoms with van der Waals surface area (Å²) in [4.78, 5) is 5.00. The summed E-state index contributed by atoms with van der Waals surface area (Å²) >= 11 is 0. The van der Waals surface area contributed by atoms with Crippen molar-refractivity contribution < 1.29 is 14.3 Å². The molecule has 2 aromatic heterocycles. The summed E-state index contributed by atoms with van der Waals surface area (Å²) in [6, 6.07) is 54.9. The molecule has 3 heterocycles. The summed E-state index contributed by atoms with van der Waals surface area (Å²) in [5.41, 5.74) is 4.59. The van der Waals surface area contributed by atoms with Gasteiger partial charge in [-0.1, -0.05) is 140 Å². The summed E-state index contributed by atoms with van der Waals surface area (Å²) in [6.07, 6.45) is 0. The van der Waals surface area contributed by atoms with Gasteiger partial charge in [0.05, 0.1) is 22.1 Å². The zero-order valence-corrected chi connectivity index (χ0v) is 28.4. The first-order chi connectivity index (χ1) is 27.9. The van der Waals surface area contributed by atoms with Crippen molar-refractivity contribution in [1.82, 2.24) is 14.0 Å². The average molecular weight is 681 g/mol. The molecule has 9 aromatic rings. The molecule has 0 N–H and O–H groups in total. The second-order valence-electron chi connectivity index (χ2n) is 12.9. The largest absolute Gasteiger partial charge is 0.457 e. The number of fused-ring (bicyclic) bond motifs is 7. The van der Waals surface area contributed by atoms with Gasteiger partial charge in [0.2, 0.25) is 5.78 Å². The van der Waals surface area contributed by atoms with Crippen LogP contribution in [0.3, 0.4) is 0 Å². The molecular formula is C46H35N3OSi. The third kappa shape index (κ3) is 4.28. The van der Waals surface area contributed by atoms with Gasteiger partial charge in [0.25, 0.3) is 0 Å². The van der Waals surface area contributed by atoms with E-state index >= 15 is 0 Å². The van der Waals surface area contributed by atoms with Crippen LogP contribution in [0.2, 0.25) is 0 Å². The summed E-state index contributed by atoms with van der Waals surface area (Å²) in [6.45, 7) is -5.05. The highest BCUT2D eigenvalue weighted by atomic mass is 28.3. The molecule has 0 saturated heterocycles. The molecule has 1 aliphatic rings. The lowest BCUT2D eigenvalue weighted by Gasteiger charge is -2.38. The number of para-hydroxylation sites is 5. The van der Waals surface area contributed by atoms with Crippen molar-refractivity contribution in [3.63, 3.8) is 0 Å². The minimum Gasteiger partial charge on any atom is -0.457 e. The summed E-state index contributed by atoms with van der Waals surface area (Å²) in [5.74, 6) is -0.748. The Labute approximate surface area is 307 Å². The standard InChI is InChI=1S/C46H35N3OSi/c1-31-15-13-24-41-44(31)47-46-48(39-22-10-11-23-40(39)49(41)46)33-27-29-36(30-28-33)51(34-16-5-3-6-17-34,35-18-7-4-8-19-35)43-26-14-21-38-32(2)37-20-9-12-25-42(37)50-45(38)43/h3-30,32H,1-2H3/i1D3,2D3,32D. The Balaban J connectivity index is 1.25. The van der Waals surface area contributed by atoms with Crippen molar-refractivity contribution in [2.24, 2.45) is 0 Å². The molecule has 1 unspecified atom stereocenters. The molecule has 244 valence electrons. The highest BCUT2D eigenvalue weighted by Crippen LogP contribution is 2.43. The molecule has 0 saturated carbocycles. The fourth-order valence-electron chi connectivity index (χ4n) is 8.04. The van der Waals surface area contributed by atoms with E-state index in [1.807, 2.05) is 83.3 Å². The van der Waals surface area contributed by atoms with Gasteiger partial charge in [0, 0.05) is 32.3 Å². The third-order valence-electron chi connectivity index (χ3n) is 10.3. The molecule has 4 nitrogen and oxygen atoms in total. The number of rotatable bonds is 5. The molecule has 51 heavy (non-hydrogen) atoms. The van der Waals surface area contributed by atoms with Gasteiger partial charge >= 0.3 is 0 Å². The van der Waals surface area contributed by atoms with Gasteiger partial charge in [-0.15, -0.1) is 0 Å². The monoisotopic (exact) mass is 680 g/mol. The first kappa shape index (κ1) is 23.3. The first-order valence-corrected chi connectivity index (χ1v) is 19.0. The number of nitrogens with zero attached hydrogens (tertiary/aromatic N) is 3. The zero-order valence-electron chi connectivity index (χ0n) is 34.4. The van der Waals surface area contributed by atoms with Crippen molar-refractivity contribution in [1.29, 1.82) is 0 Å². The van der Waals surface area contributed by atoms with Crippen LogP contribution >= 0.6 is 0 Å². The van der Waals surface area contributed by atoms with E-state index in [1.165, 1.54) is 0 Å². The fourth-order valence-corrected chi connectivity index (χ4v) is 12.9. The molecule has 0 aliphatic carbocycles. The predicted molar refractivity (Wildman–Crippen MR) is 212 cm³/mol. The van der Waals surface area contributed by atoms with Gasteiger partial charge in [-0.25, -0.2) is 4.98 Å². The number of aryl methyl sites for hydroxylation is 1. The highest BCUT2D eigenvalue weighted by Gasteiger charge is 2.45. The van der Waals surface area contributed by atoms with E-state index in [9.17, 15) is 1.37 Å². The maximum Gasteiger partial charge on any atom is 0.220 e. The van der Waals surface area contributed by atoms with Crippen LogP contribution in [-0.4, -0.2) is 22.0 Å². The number of aromatic nitrogens is 3. The van der Waals surface area contributed by atoms with E-state index in [4.69, 9.17) is 17.9 Å². The lowest BCUT2D eigenvalue weighted by molar-refractivity contribution is 0.453. The average Bonchev–Trinajstić information content (AvgIpc) is 3.76. The molecule has 0 radical (unpaired) electrons. The lowest BCUT2D eigenvalue weighted by Crippen LogP contribution is -2.75. The van der Waals surface area contributed by atoms with E-state index < -0.39 is 27.7 Å². The van der Waals surface area contributed by atoms with Crippen molar-refractivity contribution in [3.8, 4) is 17.2 Å². The second kappa shape index (κ2) is 11.4. The minimum absolute atomic E-state index is 0.201. The second-order valence-corrected chi connectivity index (χ2v) is 16.7. The predicted octanol–water partition coefficient (Wildman–Crippen LogP) is 8.37. The van der Waals surface area contributed by atoms with Crippen LogP contribution in [-0.2, 0) is 0 Å². The Hall–Kier alpha value is -6.17. The van der Waals surface area contributed by atoms with E-state index in [-0.39, 0.29) is 5.56 Å². The Kier molecular flexibility index (Phi) is 5.22. The third-order valence-corrected chi connectivity index (χ3v) is 15.1. The van der Waals surface area contributed by atoms with Crippen molar-refractivity contribution in [2.45, 2.75) is 19.6 Å². The Morgan fingerprint density at radius 3 is 1.98 bits per heavy atom. The van der Waals surface area contributed by atoms with Crippen LogP contribution in [0.5, 0.6) is 11.5 Å². The van der Waals surface area contributed by atoms with E-state index in [0.29, 0.717) is 39.4 Å². The number of hydrogen-bond donors (Lipinski definition) is 0. The highest BCUT2D eigenvalue weighted by molar-refractivity contribution is 7.20. The smallest absolute Gasteiger partial charge is 0.220 e. The van der Waals surface area contributed by atoms with Crippen molar-refractivity contribution >= 4 is 56.7 Å². The molecule has 1 atom stereocenters. The topological polar surface area (TPSA) is 31.5 Å². The Morgan fingerprint density at radius 1 is 0.608 bits per heavy atom. The van der Waals surface area contributed by atoms with Crippen molar-refractivity contribution in [2.75, 3.05) is 0 Å². The van der Waals surface area contributed by atoms with Gasteiger partial charge in [0.15, 0.2) is 8.07 Å². The van der Waals surface area contributed by atoms with Crippen LogP contribution < -0.4 is 25.5 Å². The van der Waals surface area contributed by atoms with Crippen molar-refractivity contribution in [3.05, 3.63) is 187 Å². The Morgan fingerprint density at radius 2 is 1.24 bits per heavy atom. The molecule has 1 aliphatic heterocycles. The normalized spacial score (nSPS) is 18.0. The molecule has 10 rings (SSSR count). The lowest BCUT2D eigenvalue weighted by atomic mass is 9.90. The SMILES string of the molecule is [2H]C([2H])([2H])c1cccc2c1nc1n(-c3ccc([Si](c4ccccc4)(c4ccccc4)c4cccc5c4Oc4ccccc4C5([2H])C([2H])([2H])[2H])cc3)c3ccccc3n21. The van der Waals surface area contributed by atoms with E-state index in [0.717, 1.165) is 37.5 Å². The minimum atomic E-state index is -3.38. The molecular weight excluding hydrogens is 639 g/mol. The maximum atomic E-state index is 9.81. The van der Waals surface area contributed by atoms with Gasteiger partial charge in [-0.2, -0.15) is 0 Å². The fraction of sp³-hybridized carbons (Fsp3) is 0.0652. The van der Waals surface area contributed by atoms with Gasteiger partial charge < -0.3 is 4.74 Å². The first-order valence-electron chi connectivity index (χ1n) is 20.5. The summed E-state index contributed by atoms with van der Waals surface area (Å²) in [7, 11) is -3.38. The number of hydrogen-bond acceptors (Lipinski definition) is 2.